The Bertz CT molecular complexity index is 983. The molecule has 0 spiro atoms. The van der Waals surface area contributed by atoms with Crippen LogP contribution in [0.4, 0.5) is 5.69 Å². The number of anilines is 1. The summed E-state index contributed by atoms with van der Waals surface area (Å²) in [4.78, 5) is 9.39. The van der Waals surface area contributed by atoms with E-state index in [4.69, 9.17) is 4.99 Å². The number of aromatic hydroxyl groups is 1. The first-order chi connectivity index (χ1) is 14.7. The molecule has 0 saturated carbocycles. The van der Waals surface area contributed by atoms with Gasteiger partial charge in [-0.1, -0.05) is 24.3 Å². The van der Waals surface area contributed by atoms with Crippen molar-refractivity contribution >= 4 is 35.6 Å². The van der Waals surface area contributed by atoms with Gasteiger partial charge >= 0.3 is 0 Å². The number of nitrogens with one attached hydrogen (secondary N) is 1. The summed E-state index contributed by atoms with van der Waals surface area (Å²) in [6, 6.07) is 17.7. The molecule has 3 aromatic rings. The molecule has 0 unspecified atom stereocenters. The topological polar surface area (TPSA) is 68.9 Å². The third-order valence-electron chi connectivity index (χ3n) is 5.23. The Kier molecular flexibility index (Phi) is 8.16. The van der Waals surface area contributed by atoms with Crippen LogP contribution in [0, 0.1) is 0 Å². The van der Waals surface area contributed by atoms with Crippen LogP contribution < -0.4 is 10.2 Å². The summed E-state index contributed by atoms with van der Waals surface area (Å²) in [6.07, 6.45) is 3.72. The molecule has 1 saturated heterocycles. The molecule has 2 aromatic carbocycles. The number of hydrogen-bond donors (Lipinski definition) is 2. The van der Waals surface area contributed by atoms with E-state index in [1.165, 1.54) is 0 Å². The molecule has 164 valence electrons. The number of hydrogen-bond acceptors (Lipinski definition) is 4. The third-order valence-corrected chi connectivity index (χ3v) is 5.23. The largest absolute Gasteiger partial charge is 0.506 e. The molecule has 4 rings (SSSR count). The van der Waals surface area contributed by atoms with E-state index in [0.717, 1.165) is 55.6 Å². The standard InChI is InChI=1S/C23H28N6O.HI/c1-2-24-23(25-18-19-7-5-8-20(17-19)29-12-6-11-26-29)28-15-13-27(14-16-28)21-9-3-4-10-22(21)30;/h3-12,17,30H,2,13-16,18H2,1H3,(H,24,25);1H. The van der Waals surface area contributed by atoms with E-state index in [9.17, 15) is 5.11 Å². The van der Waals surface area contributed by atoms with Gasteiger partial charge in [0.05, 0.1) is 17.9 Å². The summed E-state index contributed by atoms with van der Waals surface area (Å²) in [5.41, 5.74) is 3.08. The number of para-hydroxylation sites is 2. The van der Waals surface area contributed by atoms with Crippen molar-refractivity contribution in [3.8, 4) is 11.4 Å². The average Bonchev–Trinajstić information content (AvgIpc) is 3.33. The molecule has 2 N–H and O–H groups in total. The first-order valence-corrected chi connectivity index (χ1v) is 10.4. The second-order valence-corrected chi connectivity index (χ2v) is 7.25. The molecule has 1 fully saturated rings. The van der Waals surface area contributed by atoms with Crippen LogP contribution in [-0.2, 0) is 6.54 Å². The number of piperazine rings is 1. The van der Waals surface area contributed by atoms with Crippen molar-refractivity contribution in [1.82, 2.24) is 20.0 Å². The zero-order valence-electron chi connectivity index (χ0n) is 17.7. The Labute approximate surface area is 200 Å². The van der Waals surface area contributed by atoms with Gasteiger partial charge in [0.1, 0.15) is 5.75 Å². The molecule has 2 heterocycles. The van der Waals surface area contributed by atoms with Gasteiger partial charge in [0, 0.05) is 45.1 Å². The minimum Gasteiger partial charge on any atom is -0.506 e. The number of benzene rings is 2. The number of guanidine groups is 1. The predicted molar refractivity (Wildman–Crippen MR) is 136 cm³/mol. The number of aromatic nitrogens is 2. The Morgan fingerprint density at radius 3 is 2.58 bits per heavy atom. The molecule has 0 atom stereocenters. The normalized spacial score (nSPS) is 14.3. The van der Waals surface area contributed by atoms with Crippen molar-refractivity contribution in [1.29, 1.82) is 0 Å². The van der Waals surface area contributed by atoms with Crippen LogP contribution in [0.3, 0.4) is 0 Å². The molecule has 1 aromatic heterocycles. The van der Waals surface area contributed by atoms with E-state index in [1.54, 1.807) is 12.3 Å². The average molecular weight is 532 g/mol. The molecular weight excluding hydrogens is 503 g/mol. The maximum absolute atomic E-state index is 10.1. The van der Waals surface area contributed by atoms with Gasteiger partial charge in [-0.15, -0.1) is 24.0 Å². The van der Waals surface area contributed by atoms with Gasteiger partial charge in [0.25, 0.3) is 0 Å². The molecule has 1 aliphatic rings. The monoisotopic (exact) mass is 532 g/mol. The van der Waals surface area contributed by atoms with E-state index >= 15 is 0 Å². The highest BCUT2D eigenvalue weighted by molar-refractivity contribution is 14.0. The summed E-state index contributed by atoms with van der Waals surface area (Å²) in [6.45, 7) is 6.92. The van der Waals surface area contributed by atoms with Crippen molar-refractivity contribution < 1.29 is 5.11 Å². The number of phenols is 1. The number of phenolic OH excluding ortho intramolecular Hbond substituents is 1. The van der Waals surface area contributed by atoms with Crippen LogP contribution in [0.1, 0.15) is 12.5 Å². The summed E-state index contributed by atoms with van der Waals surface area (Å²) in [5, 5.41) is 17.8. The molecule has 0 bridgehead atoms. The molecule has 7 nitrogen and oxygen atoms in total. The fourth-order valence-electron chi connectivity index (χ4n) is 3.70. The van der Waals surface area contributed by atoms with Gasteiger partial charge in [-0.2, -0.15) is 5.10 Å². The zero-order valence-corrected chi connectivity index (χ0v) is 20.0. The molecule has 0 amide bonds. The zero-order chi connectivity index (χ0) is 20.8. The van der Waals surface area contributed by atoms with E-state index in [2.05, 4.69) is 39.3 Å². The number of nitrogens with zero attached hydrogens (tertiary/aromatic N) is 5. The fraction of sp³-hybridized carbons (Fsp3) is 0.304. The van der Waals surface area contributed by atoms with E-state index in [1.807, 2.05) is 47.3 Å². The van der Waals surface area contributed by atoms with E-state index < -0.39 is 0 Å². The van der Waals surface area contributed by atoms with Crippen LogP contribution in [-0.4, -0.2) is 58.5 Å². The third kappa shape index (κ3) is 5.69. The van der Waals surface area contributed by atoms with E-state index in [-0.39, 0.29) is 24.0 Å². The molecular formula is C23H29IN6O. The lowest BCUT2D eigenvalue weighted by Crippen LogP contribution is -2.52. The molecule has 0 radical (unpaired) electrons. The maximum atomic E-state index is 10.1. The number of rotatable bonds is 5. The van der Waals surface area contributed by atoms with Crippen LogP contribution in [0.15, 0.2) is 72.0 Å². The van der Waals surface area contributed by atoms with Gasteiger partial charge in [0.2, 0.25) is 0 Å². The van der Waals surface area contributed by atoms with Gasteiger partial charge < -0.3 is 20.2 Å². The summed E-state index contributed by atoms with van der Waals surface area (Å²) < 4.78 is 1.86. The van der Waals surface area contributed by atoms with Gasteiger partial charge in [0.15, 0.2) is 5.96 Å². The highest BCUT2D eigenvalue weighted by Crippen LogP contribution is 2.27. The maximum Gasteiger partial charge on any atom is 0.194 e. The minimum atomic E-state index is 0. The van der Waals surface area contributed by atoms with Crippen LogP contribution >= 0.6 is 24.0 Å². The highest BCUT2D eigenvalue weighted by Gasteiger charge is 2.21. The Hall–Kier alpha value is -2.75. The number of aliphatic imine (C=N–C) groups is 1. The molecule has 0 aliphatic carbocycles. The minimum absolute atomic E-state index is 0. The Balaban J connectivity index is 0.00000272. The lowest BCUT2D eigenvalue weighted by atomic mass is 10.2. The Morgan fingerprint density at radius 1 is 1.06 bits per heavy atom. The van der Waals surface area contributed by atoms with Crippen molar-refractivity contribution in [2.75, 3.05) is 37.6 Å². The molecule has 1 aliphatic heterocycles. The SMILES string of the molecule is CCNC(=NCc1cccc(-n2cccn2)c1)N1CCN(c2ccccc2O)CC1.I. The van der Waals surface area contributed by atoms with E-state index in [0.29, 0.717) is 12.3 Å². The van der Waals surface area contributed by atoms with Crippen LogP contribution in [0.5, 0.6) is 5.75 Å². The first kappa shape index (κ1) is 22.9. The summed E-state index contributed by atoms with van der Waals surface area (Å²) in [5.74, 6) is 1.27. The quantitative estimate of drug-likeness (QED) is 0.299. The van der Waals surface area contributed by atoms with Crippen molar-refractivity contribution in [2.24, 2.45) is 4.99 Å². The van der Waals surface area contributed by atoms with Gasteiger partial charge in [-0.05, 0) is 42.8 Å². The fourth-order valence-corrected chi connectivity index (χ4v) is 3.70. The van der Waals surface area contributed by atoms with Gasteiger partial charge in [-0.25, -0.2) is 9.67 Å². The van der Waals surface area contributed by atoms with Crippen LogP contribution in [0.25, 0.3) is 5.69 Å². The number of halogens is 1. The lowest BCUT2D eigenvalue weighted by molar-refractivity contribution is 0.369. The lowest BCUT2D eigenvalue weighted by Gasteiger charge is -2.37. The summed E-state index contributed by atoms with van der Waals surface area (Å²) in [7, 11) is 0. The molecule has 8 heteroatoms. The summed E-state index contributed by atoms with van der Waals surface area (Å²) >= 11 is 0. The second kappa shape index (κ2) is 11.0. The van der Waals surface area contributed by atoms with Crippen LogP contribution in [0.2, 0.25) is 0 Å². The van der Waals surface area contributed by atoms with Gasteiger partial charge in [-0.3, -0.25) is 0 Å². The smallest absolute Gasteiger partial charge is 0.194 e. The van der Waals surface area contributed by atoms with Crippen molar-refractivity contribution in [3.63, 3.8) is 0 Å². The van der Waals surface area contributed by atoms with Crippen molar-refractivity contribution in [2.45, 2.75) is 13.5 Å². The first-order valence-electron chi connectivity index (χ1n) is 10.4. The second-order valence-electron chi connectivity index (χ2n) is 7.25. The Morgan fingerprint density at radius 2 is 1.87 bits per heavy atom. The molecule has 31 heavy (non-hydrogen) atoms. The predicted octanol–water partition coefficient (Wildman–Crippen LogP) is 3.48. The van der Waals surface area contributed by atoms with Crippen molar-refractivity contribution in [3.05, 3.63) is 72.6 Å². The highest BCUT2D eigenvalue weighted by atomic mass is 127.